The molecular formula is C10H17Cl. The highest BCUT2D eigenvalue weighted by molar-refractivity contribution is 6.18. The van der Waals surface area contributed by atoms with Gasteiger partial charge in [0.2, 0.25) is 0 Å². The standard InChI is InChI=1S/C10H17Cl/c11-8-10(5-6-10)7-9-3-1-2-4-9/h9H,1-8H2. The molecule has 2 aliphatic carbocycles. The number of hydrogen-bond donors (Lipinski definition) is 0. The van der Waals surface area contributed by atoms with Gasteiger partial charge in [0.1, 0.15) is 0 Å². The van der Waals surface area contributed by atoms with Crippen LogP contribution in [-0.2, 0) is 0 Å². The highest BCUT2D eigenvalue weighted by Crippen LogP contribution is 2.53. The van der Waals surface area contributed by atoms with E-state index in [9.17, 15) is 0 Å². The molecule has 2 saturated carbocycles. The average molecular weight is 173 g/mol. The van der Waals surface area contributed by atoms with Gasteiger partial charge in [0.05, 0.1) is 0 Å². The molecule has 0 spiro atoms. The molecule has 0 N–H and O–H groups in total. The van der Waals surface area contributed by atoms with Gasteiger partial charge in [0, 0.05) is 5.88 Å². The summed E-state index contributed by atoms with van der Waals surface area (Å²) in [5.74, 6) is 1.96. The lowest BCUT2D eigenvalue weighted by Crippen LogP contribution is -2.08. The van der Waals surface area contributed by atoms with Gasteiger partial charge in [-0.05, 0) is 30.6 Å². The van der Waals surface area contributed by atoms with E-state index in [1.54, 1.807) is 0 Å². The quantitative estimate of drug-likeness (QED) is 0.571. The van der Waals surface area contributed by atoms with Crippen molar-refractivity contribution in [3.63, 3.8) is 0 Å². The summed E-state index contributed by atoms with van der Waals surface area (Å²) >= 11 is 5.93. The lowest BCUT2D eigenvalue weighted by atomic mass is 9.92. The summed E-state index contributed by atoms with van der Waals surface area (Å²) in [5.41, 5.74) is 0.622. The van der Waals surface area contributed by atoms with Gasteiger partial charge >= 0.3 is 0 Å². The summed E-state index contributed by atoms with van der Waals surface area (Å²) in [6.07, 6.45) is 10.2. The Balaban J connectivity index is 1.80. The maximum absolute atomic E-state index is 5.93. The average Bonchev–Trinajstić information content (AvgIpc) is 2.59. The van der Waals surface area contributed by atoms with Gasteiger partial charge in [0.15, 0.2) is 0 Å². The minimum absolute atomic E-state index is 0.622. The Morgan fingerprint density at radius 2 is 1.82 bits per heavy atom. The maximum Gasteiger partial charge on any atom is 0.0280 e. The van der Waals surface area contributed by atoms with Crippen LogP contribution >= 0.6 is 11.6 Å². The zero-order chi connectivity index (χ0) is 7.73. The molecule has 0 aromatic carbocycles. The highest BCUT2D eigenvalue weighted by Gasteiger charge is 2.43. The molecule has 0 aliphatic heterocycles. The van der Waals surface area contributed by atoms with Crippen molar-refractivity contribution >= 4 is 11.6 Å². The van der Waals surface area contributed by atoms with Crippen LogP contribution in [0.3, 0.4) is 0 Å². The van der Waals surface area contributed by atoms with Crippen molar-refractivity contribution in [1.82, 2.24) is 0 Å². The first-order chi connectivity index (χ1) is 5.35. The van der Waals surface area contributed by atoms with E-state index in [4.69, 9.17) is 11.6 Å². The predicted octanol–water partition coefficient (Wildman–Crippen LogP) is 3.59. The zero-order valence-electron chi connectivity index (χ0n) is 7.11. The van der Waals surface area contributed by atoms with Crippen LogP contribution in [0.4, 0.5) is 0 Å². The smallest absolute Gasteiger partial charge is 0.0280 e. The molecule has 0 atom stereocenters. The first-order valence-electron chi connectivity index (χ1n) is 4.91. The summed E-state index contributed by atoms with van der Waals surface area (Å²) in [6.45, 7) is 0. The maximum atomic E-state index is 5.93. The molecule has 2 fully saturated rings. The molecule has 0 heterocycles. The minimum Gasteiger partial charge on any atom is -0.126 e. The van der Waals surface area contributed by atoms with E-state index < -0.39 is 0 Å². The fourth-order valence-electron chi connectivity index (χ4n) is 2.40. The summed E-state index contributed by atoms with van der Waals surface area (Å²) in [5, 5.41) is 0. The van der Waals surface area contributed by atoms with Gasteiger partial charge in [-0.25, -0.2) is 0 Å². The molecule has 0 radical (unpaired) electrons. The van der Waals surface area contributed by atoms with E-state index in [-0.39, 0.29) is 0 Å². The van der Waals surface area contributed by atoms with Crippen LogP contribution in [0.1, 0.15) is 44.9 Å². The van der Waals surface area contributed by atoms with Crippen molar-refractivity contribution in [2.24, 2.45) is 11.3 Å². The van der Waals surface area contributed by atoms with Gasteiger partial charge in [-0.1, -0.05) is 25.7 Å². The van der Waals surface area contributed by atoms with Crippen LogP contribution in [0.5, 0.6) is 0 Å². The molecule has 0 bridgehead atoms. The third-order valence-corrected chi connectivity index (χ3v) is 4.00. The summed E-state index contributed by atoms with van der Waals surface area (Å²) in [6, 6.07) is 0. The predicted molar refractivity (Wildman–Crippen MR) is 49.0 cm³/mol. The van der Waals surface area contributed by atoms with Crippen LogP contribution in [0.2, 0.25) is 0 Å². The monoisotopic (exact) mass is 172 g/mol. The van der Waals surface area contributed by atoms with Gasteiger partial charge in [0.25, 0.3) is 0 Å². The molecule has 2 aliphatic rings. The Morgan fingerprint density at radius 1 is 1.18 bits per heavy atom. The van der Waals surface area contributed by atoms with Crippen molar-refractivity contribution in [3.8, 4) is 0 Å². The Morgan fingerprint density at radius 3 is 2.27 bits per heavy atom. The number of hydrogen-bond acceptors (Lipinski definition) is 0. The van der Waals surface area contributed by atoms with Crippen molar-refractivity contribution in [3.05, 3.63) is 0 Å². The Hall–Kier alpha value is 0.290. The normalized spacial score (nSPS) is 29.2. The Labute approximate surface area is 74.3 Å². The molecule has 64 valence electrons. The van der Waals surface area contributed by atoms with Gasteiger partial charge in [-0.3, -0.25) is 0 Å². The Kier molecular flexibility index (Phi) is 2.14. The molecule has 0 nitrogen and oxygen atoms in total. The molecule has 1 heteroatoms. The number of alkyl halides is 1. The van der Waals surface area contributed by atoms with E-state index in [0.717, 1.165) is 11.8 Å². The summed E-state index contributed by atoms with van der Waals surface area (Å²) in [4.78, 5) is 0. The molecule has 0 amide bonds. The summed E-state index contributed by atoms with van der Waals surface area (Å²) in [7, 11) is 0. The van der Waals surface area contributed by atoms with Gasteiger partial charge in [-0.15, -0.1) is 11.6 Å². The van der Waals surface area contributed by atoms with E-state index in [1.165, 1.54) is 44.9 Å². The molecule has 11 heavy (non-hydrogen) atoms. The molecule has 0 unspecified atom stereocenters. The Bertz CT molecular complexity index is 132. The first kappa shape index (κ1) is 7.91. The SMILES string of the molecule is ClCC1(CC2CCCC2)CC1. The number of halogens is 1. The summed E-state index contributed by atoms with van der Waals surface area (Å²) < 4.78 is 0. The lowest BCUT2D eigenvalue weighted by molar-refractivity contribution is 0.385. The van der Waals surface area contributed by atoms with Crippen LogP contribution in [0.15, 0.2) is 0 Å². The minimum atomic E-state index is 0.622. The topological polar surface area (TPSA) is 0 Å². The van der Waals surface area contributed by atoms with Crippen molar-refractivity contribution in [2.45, 2.75) is 44.9 Å². The first-order valence-corrected chi connectivity index (χ1v) is 5.44. The van der Waals surface area contributed by atoms with Crippen LogP contribution in [-0.4, -0.2) is 5.88 Å². The molecular weight excluding hydrogens is 156 g/mol. The van der Waals surface area contributed by atoms with Gasteiger partial charge < -0.3 is 0 Å². The molecule has 0 aromatic heterocycles. The van der Waals surface area contributed by atoms with Crippen molar-refractivity contribution in [2.75, 3.05) is 5.88 Å². The second-order valence-corrected chi connectivity index (χ2v) is 4.76. The van der Waals surface area contributed by atoms with E-state index >= 15 is 0 Å². The van der Waals surface area contributed by atoms with E-state index in [2.05, 4.69) is 0 Å². The second-order valence-electron chi connectivity index (χ2n) is 4.49. The highest BCUT2D eigenvalue weighted by atomic mass is 35.5. The van der Waals surface area contributed by atoms with Crippen LogP contribution < -0.4 is 0 Å². The zero-order valence-corrected chi connectivity index (χ0v) is 7.87. The second kappa shape index (κ2) is 2.97. The van der Waals surface area contributed by atoms with E-state index in [1.807, 2.05) is 0 Å². The van der Waals surface area contributed by atoms with Crippen molar-refractivity contribution < 1.29 is 0 Å². The van der Waals surface area contributed by atoms with E-state index in [0.29, 0.717) is 5.41 Å². The van der Waals surface area contributed by atoms with Gasteiger partial charge in [-0.2, -0.15) is 0 Å². The number of rotatable bonds is 3. The van der Waals surface area contributed by atoms with Crippen LogP contribution in [0.25, 0.3) is 0 Å². The largest absolute Gasteiger partial charge is 0.126 e. The molecule has 0 aromatic rings. The van der Waals surface area contributed by atoms with Crippen molar-refractivity contribution in [1.29, 1.82) is 0 Å². The van der Waals surface area contributed by atoms with Crippen LogP contribution in [0, 0.1) is 11.3 Å². The fraction of sp³-hybridized carbons (Fsp3) is 1.00. The molecule has 2 rings (SSSR count). The lowest BCUT2D eigenvalue weighted by Gasteiger charge is -2.15. The third-order valence-electron chi connectivity index (χ3n) is 3.44. The fourth-order valence-corrected chi connectivity index (χ4v) is 2.77. The third kappa shape index (κ3) is 1.72. The molecule has 0 saturated heterocycles.